The van der Waals surface area contributed by atoms with Gasteiger partial charge >= 0.3 is 0 Å². The third-order valence-corrected chi connectivity index (χ3v) is 3.77. The standard InChI is InChI=1S/C17H24N4O3/c1-3-7-21(8-4-2)17(24)15(10-22)20-16(23)12-5-6-13-14(9-12)19-11-18-13/h5-6,9,11,15,22H,3-4,7-8,10H2,1-2H3,(H,18,19)(H,20,23)/t15-/m0/s1. The van der Waals surface area contributed by atoms with E-state index in [1.165, 1.54) is 0 Å². The SMILES string of the molecule is CCCN(CCC)C(=O)[C@H](CO)NC(=O)c1ccc2nc[nH]c2c1. The summed E-state index contributed by atoms with van der Waals surface area (Å²) in [5, 5.41) is 12.2. The summed E-state index contributed by atoms with van der Waals surface area (Å²) in [5.41, 5.74) is 1.92. The molecule has 0 saturated carbocycles. The zero-order valence-corrected chi connectivity index (χ0v) is 14.1. The molecule has 1 aromatic carbocycles. The average Bonchev–Trinajstić information content (AvgIpc) is 3.06. The molecule has 24 heavy (non-hydrogen) atoms. The lowest BCUT2D eigenvalue weighted by atomic mass is 10.1. The maximum atomic E-state index is 12.5. The molecule has 3 N–H and O–H groups in total. The zero-order chi connectivity index (χ0) is 17.5. The van der Waals surface area contributed by atoms with Gasteiger partial charge in [0.15, 0.2) is 0 Å². The second-order valence-corrected chi connectivity index (χ2v) is 5.67. The summed E-state index contributed by atoms with van der Waals surface area (Å²) in [6.45, 7) is 4.77. The fourth-order valence-corrected chi connectivity index (χ4v) is 2.60. The van der Waals surface area contributed by atoms with Gasteiger partial charge in [-0.15, -0.1) is 0 Å². The molecule has 0 spiro atoms. The Morgan fingerprint density at radius 1 is 1.29 bits per heavy atom. The molecule has 1 aromatic heterocycles. The van der Waals surface area contributed by atoms with E-state index in [9.17, 15) is 14.7 Å². The summed E-state index contributed by atoms with van der Waals surface area (Å²) in [7, 11) is 0. The van der Waals surface area contributed by atoms with Crippen LogP contribution < -0.4 is 5.32 Å². The molecule has 0 aliphatic rings. The molecule has 7 nitrogen and oxygen atoms in total. The van der Waals surface area contributed by atoms with Gasteiger partial charge in [-0.2, -0.15) is 0 Å². The molecule has 0 radical (unpaired) electrons. The van der Waals surface area contributed by atoms with Gasteiger partial charge in [0, 0.05) is 18.7 Å². The summed E-state index contributed by atoms with van der Waals surface area (Å²) >= 11 is 0. The monoisotopic (exact) mass is 332 g/mol. The van der Waals surface area contributed by atoms with Crippen molar-refractivity contribution in [2.24, 2.45) is 0 Å². The Morgan fingerprint density at radius 2 is 2.00 bits per heavy atom. The van der Waals surface area contributed by atoms with E-state index in [1.807, 2.05) is 13.8 Å². The molecular formula is C17H24N4O3. The first-order valence-corrected chi connectivity index (χ1v) is 8.24. The summed E-state index contributed by atoms with van der Waals surface area (Å²) in [4.78, 5) is 33.6. The summed E-state index contributed by atoms with van der Waals surface area (Å²) in [5.74, 6) is -0.649. The summed E-state index contributed by atoms with van der Waals surface area (Å²) in [6, 6.07) is 4.12. The highest BCUT2D eigenvalue weighted by Gasteiger charge is 2.25. The molecule has 0 bridgehead atoms. The van der Waals surface area contributed by atoms with Crippen molar-refractivity contribution in [2.75, 3.05) is 19.7 Å². The number of H-pyrrole nitrogens is 1. The number of amides is 2. The first kappa shape index (κ1) is 17.9. The van der Waals surface area contributed by atoms with E-state index in [0.29, 0.717) is 18.7 Å². The number of aliphatic hydroxyl groups is 1. The number of rotatable bonds is 8. The van der Waals surface area contributed by atoms with Crippen LogP contribution in [0.3, 0.4) is 0 Å². The van der Waals surface area contributed by atoms with Crippen molar-refractivity contribution in [1.29, 1.82) is 0 Å². The number of imidazole rings is 1. The highest BCUT2D eigenvalue weighted by molar-refractivity contribution is 5.99. The normalized spacial score (nSPS) is 12.1. The number of benzene rings is 1. The van der Waals surface area contributed by atoms with Crippen molar-refractivity contribution in [3.63, 3.8) is 0 Å². The molecule has 2 aromatic rings. The number of hydrogen-bond donors (Lipinski definition) is 3. The van der Waals surface area contributed by atoms with Crippen LogP contribution in [0.15, 0.2) is 24.5 Å². The molecule has 0 fully saturated rings. The number of carbonyl (C=O) groups excluding carboxylic acids is 2. The number of fused-ring (bicyclic) bond motifs is 1. The minimum Gasteiger partial charge on any atom is -0.394 e. The molecular weight excluding hydrogens is 308 g/mol. The van der Waals surface area contributed by atoms with Gasteiger partial charge in [-0.25, -0.2) is 4.98 Å². The van der Waals surface area contributed by atoms with E-state index in [-0.39, 0.29) is 5.91 Å². The minimum absolute atomic E-state index is 0.253. The lowest BCUT2D eigenvalue weighted by molar-refractivity contribution is -0.134. The lowest BCUT2D eigenvalue weighted by Gasteiger charge is -2.26. The molecule has 0 unspecified atom stereocenters. The van der Waals surface area contributed by atoms with Crippen molar-refractivity contribution >= 4 is 22.8 Å². The maximum absolute atomic E-state index is 12.5. The van der Waals surface area contributed by atoms with E-state index in [1.54, 1.807) is 29.4 Å². The molecule has 2 rings (SSSR count). The van der Waals surface area contributed by atoms with Crippen molar-refractivity contribution < 1.29 is 14.7 Å². The fourth-order valence-electron chi connectivity index (χ4n) is 2.60. The Balaban J connectivity index is 2.09. The number of aromatic nitrogens is 2. The third-order valence-electron chi connectivity index (χ3n) is 3.77. The van der Waals surface area contributed by atoms with Gasteiger partial charge in [-0.1, -0.05) is 13.8 Å². The second kappa shape index (κ2) is 8.44. The lowest BCUT2D eigenvalue weighted by Crippen LogP contribution is -2.51. The van der Waals surface area contributed by atoms with Crippen LogP contribution in [-0.2, 0) is 4.79 Å². The van der Waals surface area contributed by atoms with E-state index < -0.39 is 18.6 Å². The van der Waals surface area contributed by atoms with Gasteiger partial charge in [0.2, 0.25) is 5.91 Å². The molecule has 1 atom stereocenters. The second-order valence-electron chi connectivity index (χ2n) is 5.67. The highest BCUT2D eigenvalue weighted by atomic mass is 16.3. The largest absolute Gasteiger partial charge is 0.394 e. The number of nitrogens with one attached hydrogen (secondary N) is 2. The fraction of sp³-hybridized carbons (Fsp3) is 0.471. The Morgan fingerprint density at radius 3 is 2.62 bits per heavy atom. The molecule has 0 aliphatic carbocycles. The van der Waals surface area contributed by atoms with Crippen molar-refractivity contribution in [3.05, 3.63) is 30.1 Å². The van der Waals surface area contributed by atoms with Crippen LogP contribution in [0.5, 0.6) is 0 Å². The highest BCUT2D eigenvalue weighted by Crippen LogP contribution is 2.12. The Bertz CT molecular complexity index is 692. The van der Waals surface area contributed by atoms with Crippen LogP contribution in [0.1, 0.15) is 37.0 Å². The van der Waals surface area contributed by atoms with E-state index in [2.05, 4.69) is 15.3 Å². The predicted octanol–water partition coefficient (Wildman–Crippen LogP) is 1.30. The quantitative estimate of drug-likeness (QED) is 0.678. The smallest absolute Gasteiger partial charge is 0.252 e. The Hall–Kier alpha value is -2.41. The topological polar surface area (TPSA) is 98.3 Å². The molecule has 2 amide bonds. The molecule has 0 aliphatic heterocycles. The van der Waals surface area contributed by atoms with E-state index >= 15 is 0 Å². The molecule has 1 heterocycles. The summed E-state index contributed by atoms with van der Waals surface area (Å²) in [6.07, 6.45) is 3.21. The van der Waals surface area contributed by atoms with Crippen molar-refractivity contribution in [3.8, 4) is 0 Å². The first-order chi connectivity index (χ1) is 11.6. The van der Waals surface area contributed by atoms with Gasteiger partial charge in [-0.3, -0.25) is 9.59 Å². The van der Waals surface area contributed by atoms with Crippen LogP contribution in [0.25, 0.3) is 11.0 Å². The first-order valence-electron chi connectivity index (χ1n) is 8.24. The van der Waals surface area contributed by atoms with Gasteiger partial charge in [0.1, 0.15) is 6.04 Å². The Kier molecular flexibility index (Phi) is 6.31. The summed E-state index contributed by atoms with van der Waals surface area (Å²) < 4.78 is 0. The van der Waals surface area contributed by atoms with Gasteiger partial charge in [-0.05, 0) is 31.0 Å². The average molecular weight is 332 g/mol. The predicted molar refractivity (Wildman–Crippen MR) is 91.6 cm³/mol. The van der Waals surface area contributed by atoms with Crippen LogP contribution in [-0.4, -0.2) is 57.5 Å². The molecule has 0 saturated heterocycles. The number of carbonyl (C=O) groups is 2. The van der Waals surface area contributed by atoms with Crippen LogP contribution >= 0.6 is 0 Å². The van der Waals surface area contributed by atoms with Crippen molar-refractivity contribution in [2.45, 2.75) is 32.7 Å². The van der Waals surface area contributed by atoms with Crippen LogP contribution in [0.4, 0.5) is 0 Å². The van der Waals surface area contributed by atoms with Gasteiger partial charge in [0.25, 0.3) is 5.91 Å². The van der Waals surface area contributed by atoms with E-state index in [0.717, 1.165) is 23.9 Å². The van der Waals surface area contributed by atoms with Gasteiger partial charge < -0.3 is 20.3 Å². The number of aliphatic hydroxyl groups excluding tert-OH is 1. The molecule has 130 valence electrons. The van der Waals surface area contributed by atoms with E-state index in [4.69, 9.17) is 0 Å². The maximum Gasteiger partial charge on any atom is 0.252 e. The minimum atomic E-state index is -0.937. The number of aromatic amines is 1. The Labute approximate surface area is 141 Å². The van der Waals surface area contributed by atoms with Gasteiger partial charge in [0.05, 0.1) is 24.0 Å². The zero-order valence-electron chi connectivity index (χ0n) is 14.1. The van der Waals surface area contributed by atoms with Crippen molar-refractivity contribution in [1.82, 2.24) is 20.2 Å². The number of hydrogen-bond acceptors (Lipinski definition) is 4. The van der Waals surface area contributed by atoms with Crippen LogP contribution in [0, 0.1) is 0 Å². The van der Waals surface area contributed by atoms with Crippen LogP contribution in [0.2, 0.25) is 0 Å². The third kappa shape index (κ3) is 4.11. The molecule has 7 heteroatoms. The number of nitrogens with zero attached hydrogens (tertiary/aromatic N) is 2.